The normalized spacial score (nSPS) is 15.1. The van der Waals surface area contributed by atoms with Crippen LogP contribution in [0.15, 0.2) is 39.7 Å². The molecule has 2 aromatic rings. The smallest absolute Gasteiger partial charge is 0.280 e. The van der Waals surface area contributed by atoms with E-state index < -0.39 is 0 Å². The number of benzene rings is 1. The molecule has 1 saturated heterocycles. The summed E-state index contributed by atoms with van der Waals surface area (Å²) in [6, 6.07) is 8.08. The average molecular weight is 377 g/mol. The van der Waals surface area contributed by atoms with Crippen molar-refractivity contribution in [1.82, 2.24) is 15.1 Å². The lowest BCUT2D eigenvalue weighted by Gasteiger charge is -2.35. The SMILES string of the molecule is Cc1ccccc1CN1CCN(c2cn[nH]c(=O)c2Br)CC1=O. The number of carbonyl (C=O) groups is 1. The topological polar surface area (TPSA) is 69.3 Å². The van der Waals surface area contributed by atoms with Gasteiger partial charge in [-0.15, -0.1) is 0 Å². The lowest BCUT2D eigenvalue weighted by molar-refractivity contribution is -0.131. The van der Waals surface area contributed by atoms with Crippen molar-refractivity contribution in [2.75, 3.05) is 24.5 Å². The number of halogens is 1. The Labute approximate surface area is 142 Å². The molecule has 0 atom stereocenters. The molecule has 1 amide bonds. The van der Waals surface area contributed by atoms with Crippen LogP contribution in [0.4, 0.5) is 5.69 Å². The number of hydrogen-bond acceptors (Lipinski definition) is 4. The number of anilines is 1. The minimum absolute atomic E-state index is 0.0479. The molecule has 1 N–H and O–H groups in total. The second-order valence-corrected chi connectivity index (χ2v) is 6.35. The largest absolute Gasteiger partial charge is 0.358 e. The van der Waals surface area contributed by atoms with Crippen molar-refractivity contribution < 1.29 is 4.79 Å². The van der Waals surface area contributed by atoms with E-state index in [4.69, 9.17) is 0 Å². The summed E-state index contributed by atoms with van der Waals surface area (Å²) in [5, 5.41) is 6.17. The molecule has 120 valence electrons. The molecule has 0 radical (unpaired) electrons. The van der Waals surface area contributed by atoms with Gasteiger partial charge in [-0.25, -0.2) is 5.10 Å². The van der Waals surface area contributed by atoms with E-state index in [1.807, 2.05) is 28.0 Å². The summed E-state index contributed by atoms with van der Waals surface area (Å²) < 4.78 is 0.410. The highest BCUT2D eigenvalue weighted by Gasteiger charge is 2.26. The Morgan fingerprint density at radius 2 is 2.04 bits per heavy atom. The Morgan fingerprint density at radius 1 is 1.26 bits per heavy atom. The van der Waals surface area contributed by atoms with Crippen LogP contribution in [0.1, 0.15) is 11.1 Å². The van der Waals surface area contributed by atoms with E-state index in [0.29, 0.717) is 29.8 Å². The molecule has 0 spiro atoms. The van der Waals surface area contributed by atoms with Crippen LogP contribution in [-0.4, -0.2) is 40.6 Å². The third kappa shape index (κ3) is 3.29. The molecule has 1 aliphatic rings. The molecule has 0 aliphatic carbocycles. The zero-order valence-corrected chi connectivity index (χ0v) is 14.3. The molecule has 1 aromatic carbocycles. The van der Waals surface area contributed by atoms with Crippen LogP contribution in [0.5, 0.6) is 0 Å². The van der Waals surface area contributed by atoms with Gasteiger partial charge in [-0.2, -0.15) is 5.10 Å². The highest BCUT2D eigenvalue weighted by Crippen LogP contribution is 2.23. The molecule has 1 aromatic heterocycles. The van der Waals surface area contributed by atoms with Crippen molar-refractivity contribution in [3.05, 3.63) is 56.4 Å². The molecular formula is C16H17BrN4O2. The monoisotopic (exact) mass is 376 g/mol. The van der Waals surface area contributed by atoms with E-state index in [1.165, 1.54) is 5.56 Å². The minimum atomic E-state index is -0.294. The van der Waals surface area contributed by atoms with E-state index >= 15 is 0 Å². The van der Waals surface area contributed by atoms with Crippen molar-refractivity contribution in [1.29, 1.82) is 0 Å². The van der Waals surface area contributed by atoms with Gasteiger partial charge in [0.05, 0.1) is 18.4 Å². The highest BCUT2D eigenvalue weighted by atomic mass is 79.9. The Kier molecular flexibility index (Phi) is 4.47. The van der Waals surface area contributed by atoms with Crippen LogP contribution in [-0.2, 0) is 11.3 Å². The maximum atomic E-state index is 12.5. The van der Waals surface area contributed by atoms with Crippen molar-refractivity contribution in [2.24, 2.45) is 0 Å². The number of aryl methyl sites for hydroxylation is 1. The summed E-state index contributed by atoms with van der Waals surface area (Å²) in [5.41, 5.74) is 2.70. The number of aromatic amines is 1. The molecular weight excluding hydrogens is 360 g/mol. The quantitative estimate of drug-likeness (QED) is 0.884. The van der Waals surface area contributed by atoms with Gasteiger partial charge >= 0.3 is 0 Å². The van der Waals surface area contributed by atoms with E-state index in [9.17, 15) is 9.59 Å². The maximum Gasteiger partial charge on any atom is 0.280 e. The number of nitrogens with zero attached hydrogens (tertiary/aromatic N) is 3. The molecule has 2 heterocycles. The number of aromatic nitrogens is 2. The number of nitrogens with one attached hydrogen (secondary N) is 1. The van der Waals surface area contributed by atoms with Gasteiger partial charge in [0.1, 0.15) is 4.47 Å². The number of piperazine rings is 1. The predicted molar refractivity (Wildman–Crippen MR) is 91.4 cm³/mol. The lowest BCUT2D eigenvalue weighted by Crippen LogP contribution is -2.50. The van der Waals surface area contributed by atoms with Gasteiger partial charge < -0.3 is 9.80 Å². The van der Waals surface area contributed by atoms with Crippen LogP contribution in [0, 0.1) is 6.92 Å². The first-order chi connectivity index (χ1) is 11.1. The molecule has 1 aliphatic heterocycles. The molecule has 0 saturated carbocycles. The first-order valence-corrected chi connectivity index (χ1v) is 8.16. The highest BCUT2D eigenvalue weighted by molar-refractivity contribution is 9.10. The molecule has 0 bridgehead atoms. The van der Waals surface area contributed by atoms with Crippen LogP contribution < -0.4 is 10.5 Å². The van der Waals surface area contributed by atoms with Crippen LogP contribution >= 0.6 is 15.9 Å². The zero-order valence-electron chi connectivity index (χ0n) is 12.8. The second kappa shape index (κ2) is 6.54. The molecule has 23 heavy (non-hydrogen) atoms. The van der Waals surface area contributed by atoms with E-state index in [0.717, 1.165) is 5.56 Å². The summed E-state index contributed by atoms with van der Waals surface area (Å²) in [7, 11) is 0. The zero-order chi connectivity index (χ0) is 16.4. The summed E-state index contributed by atoms with van der Waals surface area (Å²) in [6.45, 7) is 4.20. The molecule has 1 fully saturated rings. The maximum absolute atomic E-state index is 12.5. The summed E-state index contributed by atoms with van der Waals surface area (Å²) in [4.78, 5) is 27.8. The van der Waals surface area contributed by atoms with Crippen molar-refractivity contribution in [2.45, 2.75) is 13.5 Å². The second-order valence-electron chi connectivity index (χ2n) is 5.56. The number of rotatable bonds is 3. The van der Waals surface area contributed by atoms with Crippen molar-refractivity contribution >= 4 is 27.5 Å². The Balaban J connectivity index is 1.73. The van der Waals surface area contributed by atoms with Gasteiger partial charge in [0, 0.05) is 19.6 Å². The van der Waals surface area contributed by atoms with E-state index in [1.54, 1.807) is 6.20 Å². The molecule has 3 rings (SSSR count). The van der Waals surface area contributed by atoms with Gasteiger partial charge in [0.2, 0.25) is 5.91 Å². The first kappa shape index (κ1) is 15.7. The lowest BCUT2D eigenvalue weighted by atomic mass is 10.1. The van der Waals surface area contributed by atoms with Crippen LogP contribution in [0.25, 0.3) is 0 Å². The molecule has 6 nitrogen and oxygen atoms in total. The standard InChI is InChI=1S/C16H17BrN4O2/c1-11-4-2-3-5-12(11)9-21-7-6-20(10-14(21)22)13-8-18-19-16(23)15(13)17/h2-5,8H,6-7,9-10H2,1H3,(H,19,23). The van der Waals surface area contributed by atoms with E-state index in [2.05, 4.69) is 39.1 Å². The number of amides is 1. The third-order valence-corrected chi connectivity index (χ3v) is 4.83. The molecule has 7 heteroatoms. The number of hydrogen-bond donors (Lipinski definition) is 1. The van der Waals surface area contributed by atoms with Gasteiger partial charge in [-0.1, -0.05) is 24.3 Å². The summed E-state index contributed by atoms with van der Waals surface area (Å²) >= 11 is 3.26. The first-order valence-electron chi connectivity index (χ1n) is 7.36. The van der Waals surface area contributed by atoms with Gasteiger partial charge in [0.15, 0.2) is 0 Å². The van der Waals surface area contributed by atoms with Crippen LogP contribution in [0.2, 0.25) is 0 Å². The Hall–Kier alpha value is -2.15. The third-order valence-electron chi connectivity index (χ3n) is 4.06. The van der Waals surface area contributed by atoms with Gasteiger partial charge in [-0.3, -0.25) is 9.59 Å². The fraction of sp³-hybridized carbons (Fsp3) is 0.312. The van der Waals surface area contributed by atoms with Crippen LogP contribution in [0.3, 0.4) is 0 Å². The van der Waals surface area contributed by atoms with Gasteiger partial charge in [0.25, 0.3) is 5.56 Å². The summed E-state index contributed by atoms with van der Waals surface area (Å²) in [6.07, 6.45) is 1.57. The van der Waals surface area contributed by atoms with E-state index in [-0.39, 0.29) is 18.0 Å². The number of carbonyl (C=O) groups excluding carboxylic acids is 1. The van der Waals surface area contributed by atoms with Gasteiger partial charge in [-0.05, 0) is 34.0 Å². The minimum Gasteiger partial charge on any atom is -0.358 e. The fourth-order valence-corrected chi connectivity index (χ4v) is 3.11. The summed E-state index contributed by atoms with van der Waals surface area (Å²) in [5.74, 6) is 0.0479. The number of H-pyrrole nitrogens is 1. The molecule has 0 unspecified atom stereocenters. The average Bonchev–Trinajstić information content (AvgIpc) is 2.54. The Morgan fingerprint density at radius 3 is 2.78 bits per heavy atom. The Bertz CT molecular complexity index is 790. The van der Waals surface area contributed by atoms with Crippen molar-refractivity contribution in [3.8, 4) is 0 Å². The van der Waals surface area contributed by atoms with Crippen molar-refractivity contribution in [3.63, 3.8) is 0 Å². The predicted octanol–water partition coefficient (Wildman–Crippen LogP) is 1.69. The fourth-order valence-electron chi connectivity index (χ4n) is 2.67.